The van der Waals surface area contributed by atoms with Crippen LogP contribution in [0.25, 0.3) is 0 Å². The Morgan fingerprint density at radius 3 is 2.23 bits per heavy atom. The summed E-state index contributed by atoms with van der Waals surface area (Å²) in [7, 11) is 4.78. The van der Waals surface area contributed by atoms with Crippen molar-refractivity contribution < 1.29 is 28.7 Å². The maximum atomic E-state index is 12.3. The van der Waals surface area contributed by atoms with Gasteiger partial charge in [-0.3, -0.25) is 0 Å². The van der Waals surface area contributed by atoms with E-state index in [0.29, 0.717) is 35.4 Å². The van der Waals surface area contributed by atoms with Crippen LogP contribution in [0.2, 0.25) is 0 Å². The number of ether oxygens (including phenoxy) is 2. The van der Waals surface area contributed by atoms with E-state index in [2.05, 4.69) is 30.7 Å². The number of anilines is 4. The van der Waals surface area contributed by atoms with Gasteiger partial charge >= 0.3 is 12.1 Å². The number of carboxylic acids is 1. The third-order valence-electron chi connectivity index (χ3n) is 6.69. The van der Waals surface area contributed by atoms with Crippen LogP contribution in [-0.4, -0.2) is 76.0 Å². The molecule has 0 aliphatic heterocycles. The first-order valence-corrected chi connectivity index (χ1v) is 13.9. The molecule has 4 aromatic rings. The van der Waals surface area contributed by atoms with Crippen molar-refractivity contribution in [1.29, 1.82) is 0 Å². The minimum absolute atomic E-state index is 0.0574. The lowest BCUT2D eigenvalue weighted by Crippen LogP contribution is -2.33. The first-order chi connectivity index (χ1) is 21.1. The van der Waals surface area contributed by atoms with Crippen LogP contribution in [0.4, 0.5) is 28.5 Å². The van der Waals surface area contributed by atoms with Crippen molar-refractivity contribution in [2.75, 3.05) is 43.3 Å². The van der Waals surface area contributed by atoms with Crippen molar-refractivity contribution in [3.05, 3.63) is 71.5 Å². The zero-order chi connectivity index (χ0) is 31.8. The normalized spacial score (nSPS) is 12.1. The van der Waals surface area contributed by atoms with E-state index >= 15 is 0 Å². The van der Waals surface area contributed by atoms with E-state index in [1.54, 1.807) is 58.5 Å². The number of hydrogen-bond acceptors (Lipinski definition) is 12. The van der Waals surface area contributed by atoms with E-state index in [1.165, 1.54) is 4.90 Å². The molecule has 0 aliphatic rings. The molecule has 14 nitrogen and oxygen atoms in total. The van der Waals surface area contributed by atoms with Gasteiger partial charge in [0.1, 0.15) is 23.3 Å². The van der Waals surface area contributed by atoms with Crippen LogP contribution < -0.4 is 25.0 Å². The van der Waals surface area contributed by atoms with E-state index in [1.807, 2.05) is 43.0 Å². The van der Waals surface area contributed by atoms with Crippen molar-refractivity contribution in [3.8, 4) is 11.5 Å². The highest BCUT2D eigenvalue weighted by Crippen LogP contribution is 2.28. The number of hydrogen-bond donors (Lipinski definition) is 3. The number of carbonyl (C=O) groups excluding carboxylic acids is 1. The maximum absolute atomic E-state index is 12.3. The van der Waals surface area contributed by atoms with Gasteiger partial charge in [-0.05, 0) is 56.2 Å². The van der Waals surface area contributed by atoms with Gasteiger partial charge in [-0.15, -0.1) is 0 Å². The van der Waals surface area contributed by atoms with Gasteiger partial charge in [0.15, 0.2) is 5.82 Å². The number of amides is 1. The zero-order valence-electron chi connectivity index (χ0n) is 25.4. The van der Waals surface area contributed by atoms with Crippen LogP contribution in [-0.2, 0) is 11.2 Å². The van der Waals surface area contributed by atoms with Gasteiger partial charge in [0, 0.05) is 33.1 Å². The zero-order valence-corrected chi connectivity index (χ0v) is 25.4. The van der Waals surface area contributed by atoms with Crippen molar-refractivity contribution in [2.45, 2.75) is 39.3 Å². The molecule has 2 heterocycles. The Bertz CT molecular complexity index is 1560. The van der Waals surface area contributed by atoms with Gasteiger partial charge in [0.2, 0.25) is 17.8 Å². The summed E-state index contributed by atoms with van der Waals surface area (Å²) in [5.74, 6) is 1.51. The summed E-state index contributed by atoms with van der Waals surface area (Å²) < 4.78 is 15.7. The molecule has 2 atom stereocenters. The number of benzene rings is 2. The molecule has 0 fully saturated rings. The predicted molar refractivity (Wildman–Crippen MR) is 164 cm³/mol. The Balaban J connectivity index is 1.62. The maximum Gasteiger partial charge on any atom is 0.414 e. The van der Waals surface area contributed by atoms with Gasteiger partial charge in [-0.2, -0.15) is 15.0 Å². The smallest absolute Gasteiger partial charge is 0.414 e. The molecule has 1 unspecified atom stereocenters. The number of aromatic nitrogens is 4. The molecule has 2 aromatic carbocycles. The van der Waals surface area contributed by atoms with E-state index in [9.17, 15) is 14.7 Å². The Kier molecular flexibility index (Phi) is 10.2. The molecule has 14 heteroatoms. The van der Waals surface area contributed by atoms with E-state index in [4.69, 9.17) is 14.0 Å². The summed E-state index contributed by atoms with van der Waals surface area (Å²) in [6, 6.07) is 14.8. The van der Waals surface area contributed by atoms with Crippen LogP contribution in [0.1, 0.15) is 36.8 Å². The van der Waals surface area contributed by atoms with Crippen LogP contribution in [0, 0.1) is 6.92 Å². The van der Waals surface area contributed by atoms with Gasteiger partial charge in [0.25, 0.3) is 0 Å². The number of aryl methyl sites for hydroxylation is 1. The molecule has 0 saturated heterocycles. The van der Waals surface area contributed by atoms with Gasteiger partial charge in [0.05, 0.1) is 13.2 Å². The summed E-state index contributed by atoms with van der Waals surface area (Å²) >= 11 is 0. The van der Waals surface area contributed by atoms with E-state index < -0.39 is 18.1 Å². The molecule has 0 spiro atoms. The third-order valence-corrected chi connectivity index (χ3v) is 6.69. The fourth-order valence-corrected chi connectivity index (χ4v) is 4.28. The van der Waals surface area contributed by atoms with Gasteiger partial charge in [-0.25, -0.2) is 9.59 Å². The molecule has 2 aromatic heterocycles. The quantitative estimate of drug-likeness (QED) is 0.193. The molecule has 0 bridgehead atoms. The number of nitrogens with zero attached hydrogens (tertiary/aromatic N) is 6. The fraction of sp³-hybridized carbons (Fsp3) is 0.333. The van der Waals surface area contributed by atoms with Crippen LogP contribution in [0.15, 0.2) is 59.1 Å². The SMILES string of the molecule is CCN(c1nc(Nc2cc(C)on2)nc(N[C@@H](Cc2ccc(OC(=O)N(C)C)cc2)C(=O)O)n1)C(C)c1ccc(OC)cc1. The summed E-state index contributed by atoms with van der Waals surface area (Å²) in [5, 5.41) is 20.0. The average molecular weight is 605 g/mol. The van der Waals surface area contributed by atoms with Gasteiger partial charge < -0.3 is 39.5 Å². The molecule has 0 aliphatic carbocycles. The summed E-state index contributed by atoms with van der Waals surface area (Å²) in [6.45, 7) is 6.31. The number of carboxylic acid groups (broad SMARTS) is 1. The van der Waals surface area contributed by atoms with E-state index in [-0.39, 0.29) is 24.4 Å². The standard InChI is InChI=1S/C30H36N8O6/c1-7-38(19(3)21-10-14-22(42-6)15-11-21)29-34-27(33-28(35-29)32-25-16-18(2)44-36-25)31-24(26(39)40)17-20-8-12-23(13-9-20)43-30(41)37(4)5/h8-16,19,24H,7,17H2,1-6H3,(H,39,40)(H2,31,32,33,34,35,36)/t19?,24-/m0/s1. The second kappa shape index (κ2) is 14.2. The molecule has 0 radical (unpaired) electrons. The van der Waals surface area contributed by atoms with Crippen molar-refractivity contribution in [3.63, 3.8) is 0 Å². The Labute approximate surface area is 255 Å². The lowest BCUT2D eigenvalue weighted by atomic mass is 10.1. The number of rotatable bonds is 13. The molecule has 4 rings (SSSR count). The first kappa shape index (κ1) is 31.5. The molecule has 44 heavy (non-hydrogen) atoms. The van der Waals surface area contributed by atoms with E-state index in [0.717, 1.165) is 11.3 Å². The Morgan fingerprint density at radius 1 is 1.00 bits per heavy atom. The largest absolute Gasteiger partial charge is 0.497 e. The molecule has 0 saturated carbocycles. The third kappa shape index (κ3) is 8.12. The summed E-state index contributed by atoms with van der Waals surface area (Å²) in [4.78, 5) is 41.1. The fourth-order valence-electron chi connectivity index (χ4n) is 4.28. The van der Waals surface area contributed by atoms with Crippen molar-refractivity contribution >= 4 is 35.7 Å². The Morgan fingerprint density at radius 2 is 1.66 bits per heavy atom. The van der Waals surface area contributed by atoms with Crippen LogP contribution in [0.3, 0.4) is 0 Å². The number of methoxy groups -OCH3 is 1. The predicted octanol–water partition coefficient (Wildman–Crippen LogP) is 4.68. The molecule has 3 N–H and O–H groups in total. The average Bonchev–Trinajstić information content (AvgIpc) is 3.41. The van der Waals surface area contributed by atoms with Crippen molar-refractivity contribution in [1.82, 2.24) is 25.0 Å². The lowest BCUT2D eigenvalue weighted by molar-refractivity contribution is -0.137. The highest BCUT2D eigenvalue weighted by molar-refractivity contribution is 5.77. The minimum Gasteiger partial charge on any atom is -0.497 e. The van der Waals surface area contributed by atoms with Crippen LogP contribution in [0.5, 0.6) is 11.5 Å². The first-order valence-electron chi connectivity index (χ1n) is 13.9. The number of carbonyl (C=O) groups is 2. The number of aliphatic carboxylic acids is 1. The molecule has 232 valence electrons. The summed E-state index contributed by atoms with van der Waals surface area (Å²) in [6.07, 6.45) is -0.412. The second-order valence-corrected chi connectivity index (χ2v) is 10.1. The van der Waals surface area contributed by atoms with Crippen molar-refractivity contribution in [2.24, 2.45) is 0 Å². The lowest BCUT2D eigenvalue weighted by Gasteiger charge is -2.29. The minimum atomic E-state index is -1.10. The molecular formula is C30H36N8O6. The highest BCUT2D eigenvalue weighted by atomic mass is 16.6. The molecule has 1 amide bonds. The molecular weight excluding hydrogens is 568 g/mol. The summed E-state index contributed by atoms with van der Waals surface area (Å²) in [5.41, 5.74) is 1.70. The monoisotopic (exact) mass is 604 g/mol. The van der Waals surface area contributed by atoms with Crippen LogP contribution >= 0.6 is 0 Å². The number of nitrogens with one attached hydrogen (secondary N) is 2. The second-order valence-electron chi connectivity index (χ2n) is 10.1. The van der Waals surface area contributed by atoms with Gasteiger partial charge in [-0.1, -0.05) is 29.4 Å². The topological polar surface area (TPSA) is 168 Å². The highest BCUT2D eigenvalue weighted by Gasteiger charge is 2.24. The Hall–Kier alpha value is -5.40.